The minimum absolute atomic E-state index is 0.0383. The predicted molar refractivity (Wildman–Crippen MR) is 160 cm³/mol. The third kappa shape index (κ3) is 10.2. The number of hydrogen-bond donors (Lipinski definition) is 3. The number of amides is 2. The molecule has 12 nitrogen and oxygen atoms in total. The first kappa shape index (κ1) is 33.8. The number of carbonyl (C=O) groups excluding carboxylic acids is 4. The van der Waals surface area contributed by atoms with Crippen molar-refractivity contribution in [2.45, 2.75) is 58.7 Å². The molecule has 12 heteroatoms. The molecule has 3 rings (SSSR count). The Hall–Kier alpha value is -4.71. The number of carboxylic acids is 1. The first-order chi connectivity index (χ1) is 20.5. The number of rotatable bonds is 11. The van der Waals surface area contributed by atoms with Crippen molar-refractivity contribution in [2.75, 3.05) is 26.2 Å². The van der Waals surface area contributed by atoms with E-state index in [0.29, 0.717) is 0 Å². The van der Waals surface area contributed by atoms with Crippen LogP contribution in [0.4, 0.5) is 4.79 Å². The van der Waals surface area contributed by atoms with Gasteiger partial charge in [0.1, 0.15) is 23.5 Å². The van der Waals surface area contributed by atoms with Crippen LogP contribution in [0.3, 0.4) is 0 Å². The van der Waals surface area contributed by atoms with E-state index in [0.717, 1.165) is 28.5 Å². The minimum atomic E-state index is -1.53. The lowest BCUT2D eigenvalue weighted by atomic mass is 9.98. The molecule has 2 amide bonds. The SMILES string of the molecule is CC(C)(C)OC(=O)CN(CC(=O)N/C=C(\NC(=O)OCC1c2ccccc2-c2ccccc21)C(=O)O)CC(=O)OC(C)(C)C. The maximum Gasteiger partial charge on any atom is 0.411 e. The highest BCUT2D eigenvalue weighted by Crippen LogP contribution is 2.44. The Balaban J connectivity index is 1.62. The van der Waals surface area contributed by atoms with Gasteiger partial charge in [0.15, 0.2) is 0 Å². The van der Waals surface area contributed by atoms with E-state index in [1.54, 1.807) is 41.5 Å². The van der Waals surface area contributed by atoms with Crippen LogP contribution >= 0.6 is 0 Å². The Morgan fingerprint density at radius 3 is 1.73 bits per heavy atom. The topological polar surface area (TPSA) is 161 Å². The van der Waals surface area contributed by atoms with Gasteiger partial charge in [0.05, 0.1) is 19.6 Å². The van der Waals surface area contributed by atoms with Crippen molar-refractivity contribution in [3.63, 3.8) is 0 Å². The van der Waals surface area contributed by atoms with Gasteiger partial charge in [-0.2, -0.15) is 0 Å². The van der Waals surface area contributed by atoms with Crippen LogP contribution in [-0.4, -0.2) is 77.4 Å². The fraction of sp³-hybridized carbons (Fsp3) is 0.406. The first-order valence-corrected chi connectivity index (χ1v) is 14.0. The Kier molecular flexibility index (Phi) is 10.9. The molecule has 3 N–H and O–H groups in total. The second kappa shape index (κ2) is 14.2. The summed E-state index contributed by atoms with van der Waals surface area (Å²) in [6.07, 6.45) is -0.225. The summed E-state index contributed by atoms with van der Waals surface area (Å²) in [6.45, 7) is 8.74. The van der Waals surface area contributed by atoms with Gasteiger partial charge in [0.25, 0.3) is 0 Å². The van der Waals surface area contributed by atoms with Crippen molar-refractivity contribution in [3.8, 4) is 11.1 Å². The Morgan fingerprint density at radius 1 is 0.795 bits per heavy atom. The van der Waals surface area contributed by atoms with Gasteiger partial charge in [0, 0.05) is 12.1 Å². The molecule has 0 saturated carbocycles. The fourth-order valence-electron chi connectivity index (χ4n) is 4.58. The molecule has 0 saturated heterocycles. The van der Waals surface area contributed by atoms with Crippen molar-refractivity contribution < 1.29 is 43.3 Å². The van der Waals surface area contributed by atoms with Gasteiger partial charge in [0.2, 0.25) is 5.91 Å². The average molecular weight is 610 g/mol. The second-order valence-electron chi connectivity index (χ2n) is 12.2. The minimum Gasteiger partial charge on any atom is -0.477 e. The van der Waals surface area contributed by atoms with E-state index in [2.05, 4.69) is 10.6 Å². The number of nitrogens with one attached hydrogen (secondary N) is 2. The quantitative estimate of drug-likeness (QED) is 0.195. The molecule has 0 spiro atoms. The highest BCUT2D eigenvalue weighted by molar-refractivity contribution is 5.92. The molecule has 0 bridgehead atoms. The number of fused-ring (bicyclic) bond motifs is 3. The summed E-state index contributed by atoms with van der Waals surface area (Å²) in [4.78, 5) is 63.0. The fourth-order valence-corrected chi connectivity index (χ4v) is 4.58. The summed E-state index contributed by atoms with van der Waals surface area (Å²) in [5, 5.41) is 14.0. The van der Waals surface area contributed by atoms with Crippen molar-refractivity contribution in [1.29, 1.82) is 0 Å². The largest absolute Gasteiger partial charge is 0.477 e. The molecule has 2 aromatic rings. The summed E-state index contributed by atoms with van der Waals surface area (Å²) in [5.41, 5.74) is 1.83. The van der Waals surface area contributed by atoms with Crippen LogP contribution < -0.4 is 10.6 Å². The number of nitrogens with zero attached hydrogens (tertiary/aromatic N) is 1. The number of carboxylic acid groups (broad SMARTS) is 1. The van der Waals surface area contributed by atoms with Crippen molar-refractivity contribution in [3.05, 3.63) is 71.6 Å². The van der Waals surface area contributed by atoms with Crippen molar-refractivity contribution in [2.24, 2.45) is 0 Å². The number of alkyl carbamates (subject to hydrolysis) is 1. The lowest BCUT2D eigenvalue weighted by molar-refractivity contribution is -0.160. The zero-order chi connectivity index (χ0) is 32.7. The summed E-state index contributed by atoms with van der Waals surface area (Å²) >= 11 is 0. The van der Waals surface area contributed by atoms with Gasteiger partial charge in [-0.3, -0.25) is 24.6 Å². The van der Waals surface area contributed by atoms with E-state index in [1.165, 1.54) is 4.90 Å². The molecular formula is C32H39N3O9. The Labute approximate surface area is 256 Å². The summed E-state index contributed by atoms with van der Waals surface area (Å²) < 4.78 is 16.0. The Morgan fingerprint density at radius 2 is 1.27 bits per heavy atom. The lowest BCUT2D eigenvalue weighted by Crippen LogP contribution is -2.44. The zero-order valence-electron chi connectivity index (χ0n) is 25.8. The van der Waals surface area contributed by atoms with Crippen LogP contribution in [0.5, 0.6) is 0 Å². The smallest absolute Gasteiger partial charge is 0.411 e. The first-order valence-electron chi connectivity index (χ1n) is 14.0. The summed E-state index contributed by atoms with van der Waals surface area (Å²) in [6, 6.07) is 15.5. The Bertz CT molecular complexity index is 1360. The molecule has 0 radical (unpaired) electrons. The van der Waals surface area contributed by atoms with Gasteiger partial charge >= 0.3 is 24.0 Å². The highest BCUT2D eigenvalue weighted by atomic mass is 16.6. The highest BCUT2D eigenvalue weighted by Gasteiger charge is 2.29. The predicted octanol–water partition coefficient (Wildman–Crippen LogP) is 3.55. The zero-order valence-corrected chi connectivity index (χ0v) is 25.8. The number of ether oxygens (including phenoxy) is 3. The van der Waals surface area contributed by atoms with Crippen LogP contribution in [0.1, 0.15) is 58.6 Å². The maximum atomic E-state index is 12.7. The third-order valence-corrected chi connectivity index (χ3v) is 6.10. The molecule has 0 aliphatic heterocycles. The monoisotopic (exact) mass is 609 g/mol. The molecule has 1 aliphatic carbocycles. The molecule has 0 atom stereocenters. The van der Waals surface area contributed by atoms with Crippen LogP contribution in [-0.2, 0) is 33.4 Å². The van der Waals surface area contributed by atoms with Gasteiger partial charge in [-0.05, 0) is 63.8 Å². The molecule has 44 heavy (non-hydrogen) atoms. The van der Waals surface area contributed by atoms with Gasteiger partial charge in [-0.15, -0.1) is 0 Å². The molecule has 0 fully saturated rings. The van der Waals surface area contributed by atoms with Crippen LogP contribution in [0, 0.1) is 0 Å². The molecule has 0 heterocycles. The molecule has 2 aromatic carbocycles. The molecule has 1 aliphatic rings. The summed E-state index contributed by atoms with van der Waals surface area (Å²) in [5.74, 6) is -3.87. The van der Waals surface area contributed by atoms with Crippen molar-refractivity contribution >= 4 is 29.9 Å². The van der Waals surface area contributed by atoms with Crippen LogP contribution in [0.25, 0.3) is 11.1 Å². The van der Waals surface area contributed by atoms with Gasteiger partial charge in [-0.25, -0.2) is 9.59 Å². The van der Waals surface area contributed by atoms with Gasteiger partial charge < -0.3 is 24.6 Å². The molecule has 0 aromatic heterocycles. The van der Waals surface area contributed by atoms with E-state index in [1.807, 2.05) is 48.5 Å². The van der Waals surface area contributed by atoms with Crippen molar-refractivity contribution in [1.82, 2.24) is 15.5 Å². The lowest BCUT2D eigenvalue weighted by Gasteiger charge is -2.25. The van der Waals surface area contributed by atoms with E-state index < -0.39 is 66.4 Å². The van der Waals surface area contributed by atoms with Crippen LogP contribution in [0.2, 0.25) is 0 Å². The molecule has 0 unspecified atom stereocenters. The number of hydrogen-bond acceptors (Lipinski definition) is 9. The normalized spacial score (nSPS) is 13.0. The molecular weight excluding hydrogens is 570 g/mol. The summed E-state index contributed by atoms with van der Waals surface area (Å²) in [7, 11) is 0. The van der Waals surface area contributed by atoms with E-state index in [4.69, 9.17) is 14.2 Å². The maximum absolute atomic E-state index is 12.7. The third-order valence-electron chi connectivity index (χ3n) is 6.10. The van der Waals surface area contributed by atoms with E-state index in [9.17, 15) is 29.1 Å². The molecule has 236 valence electrons. The number of esters is 2. The number of benzene rings is 2. The average Bonchev–Trinajstić information content (AvgIpc) is 3.21. The standard InChI is InChI=1S/C32H39N3O9/c1-31(2,3)43-27(37)17-35(18-28(38)44-32(4,5)6)16-26(36)33-15-25(29(39)40)34-30(41)42-19-24-22-13-9-7-11-20(22)21-12-8-10-14-23(21)24/h7-15,24H,16-19H2,1-6H3,(H,33,36)(H,34,41)(H,39,40)/b25-15-. The van der Waals surface area contributed by atoms with E-state index in [-0.39, 0.29) is 12.5 Å². The van der Waals surface area contributed by atoms with Gasteiger partial charge in [-0.1, -0.05) is 48.5 Å². The number of aliphatic carboxylic acids is 1. The second-order valence-corrected chi connectivity index (χ2v) is 12.2. The number of carbonyl (C=O) groups is 5. The van der Waals surface area contributed by atoms with E-state index >= 15 is 0 Å². The van der Waals surface area contributed by atoms with Crippen LogP contribution in [0.15, 0.2) is 60.4 Å².